The van der Waals surface area contributed by atoms with E-state index in [9.17, 15) is 9.18 Å². The van der Waals surface area contributed by atoms with Crippen LogP contribution in [0.5, 0.6) is 11.5 Å². The molecule has 1 saturated heterocycles. The highest BCUT2D eigenvalue weighted by molar-refractivity contribution is 6.31. The molecule has 0 aliphatic carbocycles. The number of halogens is 2. The molecule has 5 rings (SSSR count). The van der Waals surface area contributed by atoms with Gasteiger partial charge in [0.05, 0.1) is 11.9 Å². The van der Waals surface area contributed by atoms with Gasteiger partial charge in [-0.15, -0.1) is 0 Å². The molecule has 0 atom stereocenters. The molecule has 1 aliphatic rings. The fourth-order valence-corrected chi connectivity index (χ4v) is 4.32. The Bertz CT molecular complexity index is 1360. The van der Waals surface area contributed by atoms with Gasteiger partial charge in [0.15, 0.2) is 11.6 Å². The lowest BCUT2D eigenvalue weighted by atomic mass is 10.1. The predicted molar refractivity (Wildman–Crippen MR) is 138 cm³/mol. The van der Waals surface area contributed by atoms with Crippen LogP contribution >= 0.6 is 11.6 Å². The minimum absolute atomic E-state index is 0.0197. The highest BCUT2D eigenvalue weighted by Crippen LogP contribution is 2.30. The van der Waals surface area contributed by atoms with Gasteiger partial charge in [0.25, 0.3) is 0 Å². The average Bonchev–Trinajstić information content (AvgIpc) is 3.41. The van der Waals surface area contributed by atoms with Gasteiger partial charge in [-0.2, -0.15) is 5.10 Å². The summed E-state index contributed by atoms with van der Waals surface area (Å²) in [5.74, 6) is -0.181. The molecule has 0 saturated carbocycles. The van der Waals surface area contributed by atoms with Crippen LogP contribution in [0.25, 0.3) is 11.3 Å². The minimum atomic E-state index is -0.621. The number of benzene rings is 2. The highest BCUT2D eigenvalue weighted by atomic mass is 35.5. The van der Waals surface area contributed by atoms with Gasteiger partial charge < -0.3 is 20.3 Å². The fourth-order valence-electron chi connectivity index (χ4n) is 4.09. The molecule has 36 heavy (non-hydrogen) atoms. The molecular weight excluding hydrogens is 483 g/mol. The molecule has 0 spiro atoms. The average molecular weight is 507 g/mol. The van der Waals surface area contributed by atoms with E-state index in [2.05, 4.69) is 30.7 Å². The second-order valence-electron chi connectivity index (χ2n) is 8.44. The number of rotatable bonds is 6. The van der Waals surface area contributed by atoms with Crippen LogP contribution in [0.4, 0.5) is 26.2 Å². The Kier molecular flexibility index (Phi) is 6.99. The van der Waals surface area contributed by atoms with Gasteiger partial charge in [-0.05, 0) is 55.7 Å². The summed E-state index contributed by atoms with van der Waals surface area (Å²) in [4.78, 5) is 19.1. The van der Waals surface area contributed by atoms with Gasteiger partial charge in [-0.1, -0.05) is 11.6 Å². The Hall–Kier alpha value is -4.11. The molecular formula is C26H24ClFN6O2. The van der Waals surface area contributed by atoms with E-state index in [4.69, 9.17) is 16.3 Å². The van der Waals surface area contributed by atoms with Crippen molar-refractivity contribution in [1.82, 2.24) is 15.2 Å². The molecule has 184 valence electrons. The van der Waals surface area contributed by atoms with Gasteiger partial charge in [0.1, 0.15) is 5.75 Å². The lowest BCUT2D eigenvalue weighted by molar-refractivity contribution is 0.262. The van der Waals surface area contributed by atoms with E-state index < -0.39 is 11.8 Å². The largest absolute Gasteiger partial charge is 0.454 e. The summed E-state index contributed by atoms with van der Waals surface area (Å²) in [6, 6.07) is 12.5. The molecule has 0 radical (unpaired) electrons. The SMILES string of the molecule is O=C(Nc1cc(Cl)cc(N2CCCCC2)c1)Nc1ccc(Oc2ccnc(-c3cn[nH]c3)c2)c(F)c1. The van der Waals surface area contributed by atoms with E-state index in [1.165, 1.54) is 18.6 Å². The number of hydrogen-bond acceptors (Lipinski definition) is 5. The number of piperidine rings is 1. The van der Waals surface area contributed by atoms with Crippen molar-refractivity contribution in [3.63, 3.8) is 0 Å². The number of anilines is 3. The van der Waals surface area contributed by atoms with Crippen molar-refractivity contribution in [2.45, 2.75) is 19.3 Å². The van der Waals surface area contributed by atoms with Gasteiger partial charge in [0.2, 0.25) is 0 Å². The van der Waals surface area contributed by atoms with E-state index in [-0.39, 0.29) is 11.4 Å². The number of aromatic nitrogens is 3. The fraction of sp³-hybridized carbons (Fsp3) is 0.192. The number of hydrogen-bond donors (Lipinski definition) is 3. The van der Waals surface area contributed by atoms with Crippen molar-refractivity contribution in [1.29, 1.82) is 0 Å². The Morgan fingerprint density at radius 2 is 1.86 bits per heavy atom. The summed E-state index contributed by atoms with van der Waals surface area (Å²) in [6.45, 7) is 1.92. The van der Waals surface area contributed by atoms with Crippen LogP contribution in [0.2, 0.25) is 5.02 Å². The van der Waals surface area contributed by atoms with Gasteiger partial charge >= 0.3 is 6.03 Å². The number of nitrogens with one attached hydrogen (secondary N) is 3. The summed E-state index contributed by atoms with van der Waals surface area (Å²) in [5.41, 5.74) is 3.24. The lowest BCUT2D eigenvalue weighted by Gasteiger charge is -2.29. The number of urea groups is 1. The van der Waals surface area contributed by atoms with Crippen LogP contribution in [-0.4, -0.2) is 34.3 Å². The van der Waals surface area contributed by atoms with E-state index in [1.54, 1.807) is 42.9 Å². The number of H-pyrrole nitrogens is 1. The van der Waals surface area contributed by atoms with Crippen molar-refractivity contribution in [2.24, 2.45) is 0 Å². The van der Waals surface area contributed by atoms with Crippen LogP contribution in [0.15, 0.2) is 67.1 Å². The molecule has 3 heterocycles. The molecule has 2 amide bonds. The summed E-state index contributed by atoms with van der Waals surface area (Å²) in [7, 11) is 0. The van der Waals surface area contributed by atoms with E-state index >= 15 is 0 Å². The van der Waals surface area contributed by atoms with Crippen LogP contribution in [-0.2, 0) is 0 Å². The van der Waals surface area contributed by atoms with Crippen molar-refractivity contribution in [3.8, 4) is 22.8 Å². The molecule has 2 aromatic carbocycles. The van der Waals surface area contributed by atoms with Crippen molar-refractivity contribution < 1.29 is 13.9 Å². The number of pyridine rings is 1. The van der Waals surface area contributed by atoms with Crippen molar-refractivity contribution in [2.75, 3.05) is 28.6 Å². The third-order valence-electron chi connectivity index (χ3n) is 5.80. The monoisotopic (exact) mass is 506 g/mol. The molecule has 0 unspecified atom stereocenters. The topological polar surface area (TPSA) is 95.2 Å². The molecule has 3 N–H and O–H groups in total. The molecule has 8 nitrogen and oxygen atoms in total. The van der Waals surface area contributed by atoms with Gasteiger partial charge in [0, 0.05) is 65.3 Å². The Morgan fingerprint density at radius 3 is 2.64 bits per heavy atom. The third kappa shape index (κ3) is 5.75. The predicted octanol–water partition coefficient (Wildman–Crippen LogP) is 6.69. The number of carbonyl (C=O) groups is 1. The molecule has 1 fully saturated rings. The minimum Gasteiger partial charge on any atom is -0.454 e. The summed E-state index contributed by atoms with van der Waals surface area (Å²) in [6.07, 6.45) is 8.40. The first-order valence-corrected chi connectivity index (χ1v) is 12.0. The van der Waals surface area contributed by atoms with Crippen LogP contribution in [0.3, 0.4) is 0 Å². The zero-order valence-electron chi connectivity index (χ0n) is 19.3. The van der Waals surface area contributed by atoms with Crippen LogP contribution in [0.1, 0.15) is 19.3 Å². The number of ether oxygens (including phenoxy) is 1. The first-order chi connectivity index (χ1) is 17.5. The van der Waals surface area contributed by atoms with Gasteiger partial charge in [-0.3, -0.25) is 10.1 Å². The lowest BCUT2D eigenvalue weighted by Crippen LogP contribution is -2.29. The van der Waals surface area contributed by atoms with E-state index in [0.717, 1.165) is 37.2 Å². The van der Waals surface area contributed by atoms with E-state index in [0.29, 0.717) is 22.2 Å². The maximum atomic E-state index is 14.7. The second kappa shape index (κ2) is 10.7. The summed E-state index contributed by atoms with van der Waals surface area (Å²) in [5, 5.41) is 12.6. The Morgan fingerprint density at radius 1 is 1.03 bits per heavy atom. The smallest absolute Gasteiger partial charge is 0.323 e. The number of aromatic amines is 1. The van der Waals surface area contributed by atoms with Crippen LogP contribution in [0, 0.1) is 5.82 Å². The first-order valence-electron chi connectivity index (χ1n) is 11.6. The zero-order chi connectivity index (χ0) is 24.9. The van der Waals surface area contributed by atoms with E-state index in [1.807, 2.05) is 12.1 Å². The zero-order valence-corrected chi connectivity index (χ0v) is 20.1. The van der Waals surface area contributed by atoms with Crippen molar-refractivity contribution in [3.05, 3.63) is 78.0 Å². The molecule has 0 bridgehead atoms. The molecule has 1 aliphatic heterocycles. The summed E-state index contributed by atoms with van der Waals surface area (Å²) >= 11 is 6.29. The normalized spacial score (nSPS) is 13.3. The number of amides is 2. The second-order valence-corrected chi connectivity index (χ2v) is 8.87. The first kappa shape index (κ1) is 23.6. The maximum Gasteiger partial charge on any atom is 0.323 e. The quantitative estimate of drug-likeness (QED) is 0.271. The Labute approximate surface area is 212 Å². The molecule has 2 aromatic heterocycles. The Balaban J connectivity index is 1.23. The maximum absolute atomic E-state index is 14.7. The third-order valence-corrected chi connectivity index (χ3v) is 6.02. The molecule has 4 aromatic rings. The molecule has 10 heteroatoms. The van der Waals surface area contributed by atoms with Gasteiger partial charge in [-0.25, -0.2) is 9.18 Å². The standard InChI is InChI=1S/C26H24ClFN6O2/c27-18-10-20(12-21(11-18)34-8-2-1-3-9-34)33-26(35)32-19-4-5-25(23(28)13-19)36-22-6-7-29-24(14-22)17-15-30-31-16-17/h4-7,10-16H,1-3,8-9H2,(H,30,31)(H2,32,33,35). The van der Waals surface area contributed by atoms with Crippen molar-refractivity contribution >= 4 is 34.7 Å². The van der Waals surface area contributed by atoms with Crippen LogP contribution < -0.4 is 20.3 Å². The summed E-state index contributed by atoms with van der Waals surface area (Å²) < 4.78 is 20.4. The number of nitrogens with zero attached hydrogens (tertiary/aromatic N) is 3. The number of carbonyl (C=O) groups excluding carboxylic acids is 1. The highest BCUT2D eigenvalue weighted by Gasteiger charge is 2.14.